The highest BCUT2D eigenvalue weighted by Gasteiger charge is 2.42. The highest BCUT2D eigenvalue weighted by molar-refractivity contribution is 4.97. The highest BCUT2D eigenvalue weighted by Crippen LogP contribution is 2.40. The van der Waals surface area contributed by atoms with Crippen LogP contribution < -0.4 is 0 Å². The van der Waals surface area contributed by atoms with Crippen molar-refractivity contribution >= 4 is 0 Å². The van der Waals surface area contributed by atoms with Gasteiger partial charge in [0.05, 0.1) is 6.61 Å². The van der Waals surface area contributed by atoms with E-state index in [0.29, 0.717) is 12.6 Å². The summed E-state index contributed by atoms with van der Waals surface area (Å²) < 4.78 is 0. The molecule has 0 radical (unpaired) electrons. The van der Waals surface area contributed by atoms with Crippen LogP contribution in [0.1, 0.15) is 33.1 Å². The Kier molecular flexibility index (Phi) is 3.53. The number of piperidine rings is 1. The third-order valence-electron chi connectivity index (χ3n) is 3.28. The van der Waals surface area contributed by atoms with Crippen LogP contribution in [0.2, 0.25) is 0 Å². The monoisotopic (exact) mass is 171 g/mol. The predicted octanol–water partition coefficient (Wildman–Crippen LogP) is 1.49. The lowest BCUT2D eigenvalue weighted by Crippen LogP contribution is -2.39. The summed E-state index contributed by atoms with van der Waals surface area (Å²) in [6.45, 7) is 4.36. The number of nitrogens with zero attached hydrogens (tertiary/aromatic N) is 1. The molecule has 1 saturated carbocycles. The van der Waals surface area contributed by atoms with Crippen LogP contribution in [-0.2, 0) is 0 Å². The second-order valence-electron chi connectivity index (χ2n) is 3.64. The maximum Gasteiger partial charge on any atom is 0.0589 e. The topological polar surface area (TPSA) is 23.5 Å². The standard InChI is InChI=1S/C8H15NO.C2H6/c1-9-7-3-2-6(4-7)8(9)5-10;1-2/h6-8,10H,2-5H2,1H3;1-2H3/t6-,7?,8-;/m1./s1. The Bertz CT molecular complexity index is 136. The zero-order valence-corrected chi connectivity index (χ0v) is 8.45. The quantitative estimate of drug-likeness (QED) is 0.646. The fourth-order valence-electron chi connectivity index (χ4n) is 2.59. The molecular formula is C10H21NO. The number of likely N-dealkylation sites (tertiary alicyclic amines) is 1. The molecule has 2 fully saturated rings. The molecular weight excluding hydrogens is 150 g/mol. The molecule has 3 atom stereocenters. The van der Waals surface area contributed by atoms with E-state index >= 15 is 0 Å². The summed E-state index contributed by atoms with van der Waals surface area (Å²) in [4.78, 5) is 2.36. The van der Waals surface area contributed by atoms with Crippen LogP contribution in [0, 0.1) is 5.92 Å². The van der Waals surface area contributed by atoms with Crippen LogP contribution in [0.5, 0.6) is 0 Å². The Hall–Kier alpha value is -0.0800. The first kappa shape index (κ1) is 10.0. The first-order valence-corrected chi connectivity index (χ1v) is 5.15. The van der Waals surface area contributed by atoms with Crippen molar-refractivity contribution in [1.29, 1.82) is 0 Å². The van der Waals surface area contributed by atoms with Gasteiger partial charge in [-0.25, -0.2) is 0 Å². The van der Waals surface area contributed by atoms with Crippen molar-refractivity contribution < 1.29 is 5.11 Å². The van der Waals surface area contributed by atoms with Gasteiger partial charge in [-0.1, -0.05) is 13.8 Å². The van der Waals surface area contributed by atoms with Gasteiger partial charge in [-0.2, -0.15) is 0 Å². The minimum atomic E-state index is 0.359. The molecule has 2 nitrogen and oxygen atoms in total. The Morgan fingerprint density at radius 2 is 2.00 bits per heavy atom. The SMILES string of the molecule is CC.CN1C2CC[C@H](C2)[C@H]1CO. The summed E-state index contributed by atoms with van der Waals surface area (Å²) in [6, 6.07) is 1.28. The van der Waals surface area contributed by atoms with Crippen molar-refractivity contribution in [2.75, 3.05) is 13.7 Å². The van der Waals surface area contributed by atoms with Gasteiger partial charge in [-0.15, -0.1) is 0 Å². The lowest BCUT2D eigenvalue weighted by Gasteiger charge is -2.30. The molecule has 72 valence electrons. The van der Waals surface area contributed by atoms with Gasteiger partial charge in [-0.05, 0) is 32.2 Å². The Morgan fingerprint density at radius 3 is 2.33 bits per heavy atom. The van der Waals surface area contributed by atoms with Crippen molar-refractivity contribution in [2.24, 2.45) is 5.92 Å². The predicted molar refractivity (Wildman–Crippen MR) is 51.1 cm³/mol. The first-order valence-electron chi connectivity index (χ1n) is 5.15. The molecule has 2 heteroatoms. The molecule has 1 heterocycles. The Morgan fingerprint density at radius 1 is 1.33 bits per heavy atom. The average molecular weight is 171 g/mol. The molecule has 1 aliphatic carbocycles. The molecule has 0 aromatic rings. The van der Waals surface area contributed by atoms with Gasteiger partial charge in [0.25, 0.3) is 0 Å². The molecule has 0 amide bonds. The molecule has 0 aromatic heterocycles. The average Bonchev–Trinajstić information content (AvgIpc) is 2.68. The van der Waals surface area contributed by atoms with Crippen LogP contribution >= 0.6 is 0 Å². The summed E-state index contributed by atoms with van der Waals surface area (Å²) in [7, 11) is 2.14. The zero-order valence-electron chi connectivity index (χ0n) is 8.45. The molecule has 0 aromatic carbocycles. The van der Waals surface area contributed by atoms with Gasteiger partial charge >= 0.3 is 0 Å². The first-order chi connectivity index (χ1) is 5.83. The number of rotatable bonds is 1. The van der Waals surface area contributed by atoms with Crippen molar-refractivity contribution in [3.05, 3.63) is 0 Å². The third kappa shape index (κ3) is 1.50. The van der Waals surface area contributed by atoms with Gasteiger partial charge in [0.15, 0.2) is 0 Å². The van der Waals surface area contributed by atoms with E-state index in [-0.39, 0.29) is 0 Å². The van der Waals surface area contributed by atoms with Crippen LogP contribution in [0.15, 0.2) is 0 Å². The maximum atomic E-state index is 9.02. The van der Waals surface area contributed by atoms with Gasteiger partial charge in [0.2, 0.25) is 0 Å². The number of hydrogen-bond donors (Lipinski definition) is 1. The second kappa shape index (κ2) is 4.24. The molecule has 2 rings (SSSR count). The van der Waals surface area contributed by atoms with Gasteiger partial charge in [0, 0.05) is 12.1 Å². The molecule has 1 saturated heterocycles. The van der Waals surface area contributed by atoms with E-state index in [1.165, 1.54) is 19.3 Å². The lowest BCUT2D eigenvalue weighted by atomic mass is 10.0. The van der Waals surface area contributed by atoms with Crippen LogP contribution in [0.4, 0.5) is 0 Å². The molecule has 2 aliphatic rings. The number of likely N-dealkylation sites (N-methyl/N-ethyl adjacent to an activating group) is 1. The van der Waals surface area contributed by atoms with Gasteiger partial charge in [0.1, 0.15) is 0 Å². The normalized spacial score (nSPS) is 39.5. The summed E-state index contributed by atoms with van der Waals surface area (Å²) >= 11 is 0. The summed E-state index contributed by atoms with van der Waals surface area (Å²) in [6.07, 6.45) is 4.04. The smallest absolute Gasteiger partial charge is 0.0589 e. The van der Waals surface area contributed by atoms with Crippen LogP contribution in [-0.4, -0.2) is 35.7 Å². The van der Waals surface area contributed by atoms with Gasteiger partial charge in [-0.3, -0.25) is 4.90 Å². The van der Waals surface area contributed by atoms with Crippen molar-refractivity contribution in [3.63, 3.8) is 0 Å². The number of aliphatic hydroxyl groups is 1. The summed E-state index contributed by atoms with van der Waals surface area (Å²) in [5, 5.41) is 9.02. The molecule has 1 N–H and O–H groups in total. The van der Waals surface area contributed by atoms with E-state index in [4.69, 9.17) is 5.11 Å². The van der Waals surface area contributed by atoms with Crippen LogP contribution in [0.25, 0.3) is 0 Å². The summed E-state index contributed by atoms with van der Waals surface area (Å²) in [5.74, 6) is 0.806. The Balaban J connectivity index is 0.000000336. The minimum Gasteiger partial charge on any atom is -0.395 e. The molecule has 1 unspecified atom stereocenters. The number of fused-ring (bicyclic) bond motifs is 2. The van der Waals surface area contributed by atoms with E-state index in [0.717, 1.165) is 12.0 Å². The fraction of sp³-hybridized carbons (Fsp3) is 1.00. The van der Waals surface area contributed by atoms with Crippen molar-refractivity contribution in [1.82, 2.24) is 4.90 Å². The van der Waals surface area contributed by atoms with Crippen molar-refractivity contribution in [2.45, 2.75) is 45.2 Å². The number of hydrogen-bond acceptors (Lipinski definition) is 2. The summed E-state index contributed by atoms with van der Waals surface area (Å²) in [5.41, 5.74) is 0. The van der Waals surface area contributed by atoms with E-state index < -0.39 is 0 Å². The van der Waals surface area contributed by atoms with E-state index in [1.807, 2.05) is 13.8 Å². The van der Waals surface area contributed by atoms with Gasteiger partial charge < -0.3 is 5.11 Å². The molecule has 2 bridgehead atoms. The Labute approximate surface area is 75.6 Å². The van der Waals surface area contributed by atoms with Crippen LogP contribution in [0.3, 0.4) is 0 Å². The maximum absolute atomic E-state index is 9.02. The minimum absolute atomic E-state index is 0.359. The molecule has 12 heavy (non-hydrogen) atoms. The molecule has 0 spiro atoms. The zero-order chi connectivity index (χ0) is 9.14. The lowest BCUT2D eigenvalue weighted by molar-refractivity contribution is 0.108. The van der Waals surface area contributed by atoms with E-state index in [1.54, 1.807) is 0 Å². The molecule has 1 aliphatic heterocycles. The third-order valence-corrected chi connectivity index (χ3v) is 3.28. The number of aliphatic hydroxyl groups excluding tert-OH is 1. The highest BCUT2D eigenvalue weighted by atomic mass is 16.3. The fourth-order valence-corrected chi connectivity index (χ4v) is 2.59. The largest absolute Gasteiger partial charge is 0.395 e. The van der Waals surface area contributed by atoms with E-state index in [2.05, 4.69) is 11.9 Å². The van der Waals surface area contributed by atoms with Crippen molar-refractivity contribution in [3.8, 4) is 0 Å². The van der Waals surface area contributed by atoms with E-state index in [9.17, 15) is 0 Å². The second-order valence-corrected chi connectivity index (χ2v) is 3.64.